The summed E-state index contributed by atoms with van der Waals surface area (Å²) in [5.74, 6) is 4.90. The van der Waals surface area contributed by atoms with Crippen molar-refractivity contribution in [2.45, 2.75) is 20.0 Å². The van der Waals surface area contributed by atoms with Crippen LogP contribution >= 0.6 is 0 Å². The van der Waals surface area contributed by atoms with Crippen LogP contribution in [0.15, 0.2) is 6.07 Å². The van der Waals surface area contributed by atoms with E-state index in [0.29, 0.717) is 6.54 Å². The third kappa shape index (κ3) is 5.72. The average molecular weight is 306 g/mol. The van der Waals surface area contributed by atoms with Crippen LogP contribution in [0.25, 0.3) is 0 Å². The molecule has 0 saturated carbocycles. The maximum atomic E-state index is 12.7. The van der Waals surface area contributed by atoms with Crippen LogP contribution in [0.4, 0.5) is 24.9 Å². The maximum Gasteiger partial charge on any atom is 0.433 e. The van der Waals surface area contributed by atoms with E-state index in [-0.39, 0.29) is 17.2 Å². The molecule has 0 aliphatic carbocycles. The Morgan fingerprint density at radius 1 is 1.24 bits per heavy atom. The van der Waals surface area contributed by atoms with Gasteiger partial charge in [0.25, 0.3) is 0 Å². The summed E-state index contributed by atoms with van der Waals surface area (Å²) in [6.07, 6.45) is -4.55. The van der Waals surface area contributed by atoms with Crippen molar-refractivity contribution in [1.29, 1.82) is 0 Å². The number of alkyl halides is 3. The zero-order valence-electron chi connectivity index (χ0n) is 12.5. The molecule has 1 aromatic rings. The fourth-order valence-electron chi connectivity index (χ4n) is 1.99. The first-order valence-corrected chi connectivity index (χ1v) is 6.35. The third-order valence-electron chi connectivity index (χ3n) is 2.64. The molecule has 4 N–H and O–H groups in total. The smallest absolute Gasteiger partial charge is 0.369 e. The van der Waals surface area contributed by atoms with Gasteiger partial charge in [0.15, 0.2) is 5.69 Å². The average Bonchev–Trinajstić information content (AvgIpc) is 2.33. The summed E-state index contributed by atoms with van der Waals surface area (Å²) in [4.78, 5) is 9.18. The van der Waals surface area contributed by atoms with E-state index in [1.165, 1.54) is 0 Å². The molecule has 6 nitrogen and oxygen atoms in total. The molecular weight excluding hydrogens is 285 g/mol. The second-order valence-corrected chi connectivity index (χ2v) is 5.86. The number of rotatable bonds is 6. The zero-order valence-corrected chi connectivity index (χ0v) is 12.5. The molecule has 120 valence electrons. The minimum absolute atomic E-state index is 0.0807. The van der Waals surface area contributed by atoms with Crippen molar-refractivity contribution in [3.63, 3.8) is 0 Å². The molecule has 21 heavy (non-hydrogen) atoms. The Kier molecular flexibility index (Phi) is 5.35. The van der Waals surface area contributed by atoms with Crippen LogP contribution < -0.4 is 16.6 Å². The van der Waals surface area contributed by atoms with Crippen LogP contribution in [-0.4, -0.2) is 42.1 Å². The normalized spacial score (nSPS) is 12.6. The van der Waals surface area contributed by atoms with Crippen LogP contribution in [0.1, 0.15) is 19.5 Å². The number of hydrogen-bond donors (Lipinski definition) is 3. The van der Waals surface area contributed by atoms with E-state index in [2.05, 4.69) is 15.3 Å². The van der Waals surface area contributed by atoms with Gasteiger partial charge in [0, 0.05) is 19.2 Å². The first kappa shape index (κ1) is 17.4. The van der Waals surface area contributed by atoms with Crippen molar-refractivity contribution < 1.29 is 13.2 Å². The van der Waals surface area contributed by atoms with Crippen LogP contribution in [0.5, 0.6) is 0 Å². The monoisotopic (exact) mass is 306 g/mol. The summed E-state index contributed by atoms with van der Waals surface area (Å²) in [6, 6.07) is 0.868. The summed E-state index contributed by atoms with van der Waals surface area (Å²) in [5, 5.41) is 2.90. The first-order chi connectivity index (χ1) is 9.53. The SMILES string of the molecule is CN(C)CC(C)(C)CNc1cc(C(F)(F)F)nc(NN)n1. The van der Waals surface area contributed by atoms with Crippen molar-refractivity contribution in [3.05, 3.63) is 11.8 Å². The second kappa shape index (κ2) is 6.44. The minimum Gasteiger partial charge on any atom is -0.369 e. The lowest BCUT2D eigenvalue weighted by Gasteiger charge is -2.28. The Labute approximate surface area is 121 Å². The van der Waals surface area contributed by atoms with Crippen molar-refractivity contribution in [2.24, 2.45) is 11.3 Å². The van der Waals surface area contributed by atoms with Gasteiger partial charge in [0.05, 0.1) is 0 Å². The van der Waals surface area contributed by atoms with Crippen LogP contribution in [0.3, 0.4) is 0 Å². The Morgan fingerprint density at radius 2 is 1.86 bits per heavy atom. The molecule has 0 bridgehead atoms. The topological polar surface area (TPSA) is 79.1 Å². The fourth-order valence-corrected chi connectivity index (χ4v) is 1.99. The molecule has 9 heteroatoms. The van der Waals surface area contributed by atoms with Crippen molar-refractivity contribution in [3.8, 4) is 0 Å². The van der Waals surface area contributed by atoms with Gasteiger partial charge in [-0.3, -0.25) is 5.43 Å². The summed E-state index contributed by atoms with van der Waals surface area (Å²) < 4.78 is 38.2. The van der Waals surface area contributed by atoms with Gasteiger partial charge in [-0.25, -0.2) is 10.8 Å². The van der Waals surface area contributed by atoms with E-state index in [9.17, 15) is 13.2 Å². The highest BCUT2D eigenvalue weighted by Crippen LogP contribution is 2.29. The lowest BCUT2D eigenvalue weighted by molar-refractivity contribution is -0.141. The van der Waals surface area contributed by atoms with Crippen LogP contribution in [-0.2, 0) is 6.18 Å². The number of aromatic nitrogens is 2. The van der Waals surface area contributed by atoms with Gasteiger partial charge in [0.2, 0.25) is 5.95 Å². The van der Waals surface area contributed by atoms with Gasteiger partial charge in [0.1, 0.15) is 5.82 Å². The summed E-state index contributed by atoms with van der Waals surface area (Å²) >= 11 is 0. The van der Waals surface area contributed by atoms with Crippen LogP contribution in [0, 0.1) is 5.41 Å². The molecular formula is C12H21F3N6. The number of hydrogen-bond acceptors (Lipinski definition) is 6. The number of halogens is 3. The summed E-state index contributed by atoms with van der Waals surface area (Å²) in [7, 11) is 3.87. The highest BCUT2D eigenvalue weighted by molar-refractivity contribution is 5.42. The maximum absolute atomic E-state index is 12.7. The van der Waals surface area contributed by atoms with Crippen molar-refractivity contribution >= 4 is 11.8 Å². The molecule has 0 unspecified atom stereocenters. The highest BCUT2D eigenvalue weighted by Gasteiger charge is 2.33. The molecule has 0 radical (unpaired) electrons. The van der Waals surface area contributed by atoms with Gasteiger partial charge in [-0.2, -0.15) is 18.2 Å². The van der Waals surface area contributed by atoms with Crippen molar-refractivity contribution in [1.82, 2.24) is 14.9 Å². The summed E-state index contributed by atoms with van der Waals surface area (Å²) in [6.45, 7) is 5.25. The molecule has 0 spiro atoms. The molecule has 0 amide bonds. The highest BCUT2D eigenvalue weighted by atomic mass is 19.4. The molecule has 0 aromatic carbocycles. The quantitative estimate of drug-likeness (QED) is 0.549. The third-order valence-corrected chi connectivity index (χ3v) is 2.64. The standard InChI is InChI=1S/C12H21F3N6/c1-11(2,7-21(3)4)6-17-9-5-8(12(13,14)15)18-10(19-9)20-16/h5H,6-7,16H2,1-4H3,(H2,17,18,19,20). The molecule has 0 fully saturated rings. The Hall–Kier alpha value is -1.61. The lowest BCUT2D eigenvalue weighted by Crippen LogP contribution is -2.34. The van der Waals surface area contributed by atoms with Gasteiger partial charge in [-0.05, 0) is 19.5 Å². The van der Waals surface area contributed by atoms with E-state index in [1.807, 2.05) is 38.3 Å². The first-order valence-electron chi connectivity index (χ1n) is 6.35. The van der Waals surface area contributed by atoms with E-state index in [0.717, 1.165) is 12.6 Å². The van der Waals surface area contributed by atoms with Gasteiger partial charge >= 0.3 is 6.18 Å². The van der Waals surface area contributed by atoms with Gasteiger partial charge < -0.3 is 10.2 Å². The second-order valence-electron chi connectivity index (χ2n) is 5.86. The summed E-state index contributed by atoms with van der Waals surface area (Å²) in [5.41, 5.74) is 0.860. The number of anilines is 2. The van der Waals surface area contributed by atoms with Crippen molar-refractivity contribution in [2.75, 3.05) is 37.9 Å². The van der Waals surface area contributed by atoms with Gasteiger partial charge in [-0.1, -0.05) is 13.8 Å². The Morgan fingerprint density at radius 3 is 2.33 bits per heavy atom. The molecule has 0 aliphatic heterocycles. The molecule has 1 aromatic heterocycles. The molecule has 0 saturated heterocycles. The number of nitrogens with one attached hydrogen (secondary N) is 2. The van der Waals surface area contributed by atoms with E-state index < -0.39 is 11.9 Å². The lowest BCUT2D eigenvalue weighted by atomic mass is 9.93. The molecule has 1 rings (SSSR count). The minimum atomic E-state index is -4.55. The predicted octanol–water partition coefficient (Wildman–Crippen LogP) is 1.78. The van der Waals surface area contributed by atoms with E-state index in [1.54, 1.807) is 0 Å². The molecule has 0 aliphatic rings. The number of nitrogens with two attached hydrogens (primary N) is 1. The Balaban J connectivity index is 2.88. The Bertz CT molecular complexity index is 473. The molecule has 0 atom stereocenters. The largest absolute Gasteiger partial charge is 0.433 e. The molecule has 1 heterocycles. The van der Waals surface area contributed by atoms with Gasteiger partial charge in [-0.15, -0.1) is 0 Å². The predicted molar refractivity (Wildman–Crippen MR) is 75.7 cm³/mol. The number of hydrazine groups is 1. The number of nitrogen functional groups attached to an aromatic ring is 1. The fraction of sp³-hybridized carbons (Fsp3) is 0.667. The van der Waals surface area contributed by atoms with E-state index >= 15 is 0 Å². The van der Waals surface area contributed by atoms with Crippen LogP contribution in [0.2, 0.25) is 0 Å². The number of nitrogens with zero attached hydrogens (tertiary/aromatic N) is 3. The van der Waals surface area contributed by atoms with E-state index in [4.69, 9.17) is 5.84 Å². The zero-order chi connectivity index (χ0) is 16.3.